The molecule has 0 unspecified atom stereocenters. The van der Waals surface area contributed by atoms with Crippen molar-refractivity contribution in [2.75, 3.05) is 11.5 Å². The summed E-state index contributed by atoms with van der Waals surface area (Å²) in [5.74, 6) is -2.31. The average Bonchev–Trinajstić information content (AvgIpc) is 2.84. The molecular weight excluding hydrogens is 312 g/mol. The highest BCUT2D eigenvalue weighted by atomic mass is 16.5. The highest BCUT2D eigenvalue weighted by molar-refractivity contribution is 6.34. The van der Waals surface area contributed by atoms with Gasteiger partial charge in [0.1, 0.15) is 0 Å². The molecule has 0 atom stereocenters. The number of ether oxygens (including phenoxy) is 1. The molecule has 0 fully saturated rings. The van der Waals surface area contributed by atoms with E-state index in [4.69, 9.17) is 5.73 Å². The number of hydrogen-bond donors (Lipinski definition) is 1. The van der Waals surface area contributed by atoms with Gasteiger partial charge in [0.05, 0.1) is 22.4 Å². The van der Waals surface area contributed by atoms with Crippen molar-refractivity contribution in [3.63, 3.8) is 0 Å². The fourth-order valence-corrected chi connectivity index (χ4v) is 2.39. The van der Waals surface area contributed by atoms with Crippen LogP contribution < -0.4 is 10.6 Å². The Kier molecular flexibility index (Phi) is 3.83. The summed E-state index contributed by atoms with van der Waals surface area (Å²) in [5.41, 5.74) is 6.10. The van der Waals surface area contributed by atoms with Crippen LogP contribution in [0.15, 0.2) is 48.5 Å². The summed E-state index contributed by atoms with van der Waals surface area (Å²) < 4.78 is 4.69. The normalized spacial score (nSPS) is 12.9. The van der Waals surface area contributed by atoms with Crippen LogP contribution in [0.5, 0.6) is 0 Å². The Morgan fingerprint density at radius 2 is 1.46 bits per heavy atom. The molecule has 3 rings (SSSR count). The van der Waals surface area contributed by atoms with Gasteiger partial charge in [-0.15, -0.1) is 0 Å². The number of anilines is 1. The minimum absolute atomic E-state index is 0.177. The van der Waals surface area contributed by atoms with E-state index in [1.54, 1.807) is 24.3 Å². The van der Waals surface area contributed by atoms with Gasteiger partial charge in [0.2, 0.25) is 0 Å². The first-order valence-electron chi connectivity index (χ1n) is 7.02. The summed E-state index contributed by atoms with van der Waals surface area (Å²) in [4.78, 5) is 48.1. The number of carbonyl (C=O) groups is 4. The number of carbonyl (C=O) groups excluding carboxylic acids is 4. The average molecular weight is 324 g/mol. The molecule has 2 aromatic carbocycles. The first-order valence-corrected chi connectivity index (χ1v) is 7.02. The van der Waals surface area contributed by atoms with Crippen molar-refractivity contribution in [2.45, 2.75) is 0 Å². The van der Waals surface area contributed by atoms with Gasteiger partial charge in [0.15, 0.2) is 6.61 Å². The maximum atomic E-state index is 12.4. The highest BCUT2D eigenvalue weighted by Crippen LogP contribution is 2.28. The molecule has 24 heavy (non-hydrogen) atoms. The second-order valence-corrected chi connectivity index (χ2v) is 5.08. The van der Waals surface area contributed by atoms with Crippen LogP contribution in [0.2, 0.25) is 0 Å². The van der Waals surface area contributed by atoms with Crippen LogP contribution in [0.1, 0.15) is 31.1 Å². The fourth-order valence-electron chi connectivity index (χ4n) is 2.39. The molecule has 1 heterocycles. The molecule has 7 heteroatoms. The lowest BCUT2D eigenvalue weighted by atomic mass is 10.1. The Labute approximate surface area is 136 Å². The number of amides is 3. The number of imide groups is 1. The number of benzene rings is 2. The molecule has 0 bridgehead atoms. The van der Waals surface area contributed by atoms with E-state index in [1.807, 2.05) is 0 Å². The number of esters is 1. The summed E-state index contributed by atoms with van der Waals surface area (Å²) in [7, 11) is 0. The van der Waals surface area contributed by atoms with E-state index >= 15 is 0 Å². The third-order valence-electron chi connectivity index (χ3n) is 3.50. The van der Waals surface area contributed by atoms with Crippen LogP contribution in [0.3, 0.4) is 0 Å². The topological polar surface area (TPSA) is 107 Å². The smallest absolute Gasteiger partial charge is 0.338 e. The molecule has 0 saturated heterocycles. The summed E-state index contributed by atoms with van der Waals surface area (Å²) in [6.07, 6.45) is 0. The van der Waals surface area contributed by atoms with E-state index in [0.717, 1.165) is 4.90 Å². The quantitative estimate of drug-likeness (QED) is 0.670. The molecule has 3 amide bonds. The number of nitrogens with zero attached hydrogens (tertiary/aromatic N) is 1. The van der Waals surface area contributed by atoms with Crippen LogP contribution in [-0.4, -0.2) is 30.3 Å². The lowest BCUT2D eigenvalue weighted by molar-refractivity contribution is -0.121. The van der Waals surface area contributed by atoms with Gasteiger partial charge in [0.25, 0.3) is 17.7 Å². The Bertz CT molecular complexity index is 823. The first-order chi connectivity index (χ1) is 11.5. The van der Waals surface area contributed by atoms with Crippen LogP contribution in [-0.2, 0) is 9.53 Å². The van der Waals surface area contributed by atoms with Crippen LogP contribution in [0, 0.1) is 0 Å². The zero-order valence-corrected chi connectivity index (χ0v) is 12.4. The van der Waals surface area contributed by atoms with Crippen molar-refractivity contribution >= 4 is 29.4 Å². The van der Waals surface area contributed by atoms with Gasteiger partial charge in [-0.05, 0) is 36.4 Å². The van der Waals surface area contributed by atoms with Gasteiger partial charge >= 0.3 is 5.97 Å². The van der Waals surface area contributed by atoms with Gasteiger partial charge in [-0.2, -0.15) is 0 Å². The van der Waals surface area contributed by atoms with Crippen molar-refractivity contribution in [2.24, 2.45) is 5.73 Å². The predicted molar refractivity (Wildman–Crippen MR) is 83.5 cm³/mol. The number of hydrogen-bond acceptors (Lipinski definition) is 5. The van der Waals surface area contributed by atoms with Crippen molar-refractivity contribution in [1.29, 1.82) is 0 Å². The van der Waals surface area contributed by atoms with Crippen LogP contribution >= 0.6 is 0 Å². The highest BCUT2D eigenvalue weighted by Gasteiger charge is 2.36. The van der Waals surface area contributed by atoms with E-state index in [9.17, 15) is 19.2 Å². The third-order valence-corrected chi connectivity index (χ3v) is 3.50. The molecule has 1 aliphatic heterocycles. The molecule has 7 nitrogen and oxygen atoms in total. The van der Waals surface area contributed by atoms with E-state index in [1.165, 1.54) is 24.3 Å². The van der Waals surface area contributed by atoms with E-state index < -0.39 is 30.3 Å². The molecule has 0 saturated carbocycles. The Balaban J connectivity index is 1.82. The third kappa shape index (κ3) is 2.63. The summed E-state index contributed by atoms with van der Waals surface area (Å²) in [5, 5.41) is 0. The number of primary amides is 1. The van der Waals surface area contributed by atoms with Crippen molar-refractivity contribution < 1.29 is 23.9 Å². The maximum Gasteiger partial charge on any atom is 0.338 e. The summed E-state index contributed by atoms with van der Waals surface area (Å²) in [6.45, 7) is -0.515. The number of rotatable bonds is 4. The zero-order chi connectivity index (χ0) is 17.3. The van der Waals surface area contributed by atoms with Gasteiger partial charge in [-0.25, -0.2) is 9.69 Å². The van der Waals surface area contributed by atoms with Gasteiger partial charge in [-0.1, -0.05) is 12.1 Å². The standard InChI is InChI=1S/C17H12N2O5/c18-14(20)9-24-17(23)10-5-7-11(8-6-10)19-15(21)12-3-1-2-4-13(12)16(19)22/h1-8H,9H2,(H2,18,20). The van der Waals surface area contributed by atoms with E-state index in [0.29, 0.717) is 16.8 Å². The van der Waals surface area contributed by atoms with Crippen LogP contribution in [0.4, 0.5) is 5.69 Å². The molecule has 0 aliphatic carbocycles. The molecule has 2 N–H and O–H groups in total. The second kappa shape index (κ2) is 5.96. The lowest BCUT2D eigenvalue weighted by Gasteiger charge is -2.14. The summed E-state index contributed by atoms with van der Waals surface area (Å²) in [6, 6.07) is 12.3. The molecule has 0 radical (unpaired) electrons. The minimum atomic E-state index is -0.758. The monoisotopic (exact) mass is 324 g/mol. The molecule has 0 spiro atoms. The number of nitrogens with two attached hydrogens (primary N) is 1. The van der Waals surface area contributed by atoms with Gasteiger partial charge in [-0.3, -0.25) is 14.4 Å². The van der Waals surface area contributed by atoms with Crippen molar-refractivity contribution in [3.05, 3.63) is 65.2 Å². The SMILES string of the molecule is NC(=O)COC(=O)c1ccc(N2C(=O)c3ccccc3C2=O)cc1. The van der Waals surface area contributed by atoms with Gasteiger partial charge in [0, 0.05) is 0 Å². The first kappa shape index (κ1) is 15.4. The lowest BCUT2D eigenvalue weighted by Crippen LogP contribution is -2.29. The Morgan fingerprint density at radius 1 is 0.917 bits per heavy atom. The zero-order valence-electron chi connectivity index (χ0n) is 12.4. The predicted octanol–water partition coefficient (Wildman–Crippen LogP) is 1.13. The fraction of sp³-hybridized carbons (Fsp3) is 0.0588. The molecule has 2 aromatic rings. The van der Waals surface area contributed by atoms with E-state index in [2.05, 4.69) is 4.74 Å². The summed E-state index contributed by atoms with van der Waals surface area (Å²) >= 11 is 0. The second-order valence-electron chi connectivity index (χ2n) is 5.08. The largest absolute Gasteiger partial charge is 0.452 e. The van der Waals surface area contributed by atoms with Crippen molar-refractivity contribution in [3.8, 4) is 0 Å². The van der Waals surface area contributed by atoms with Crippen molar-refractivity contribution in [1.82, 2.24) is 0 Å². The Morgan fingerprint density at radius 3 is 1.96 bits per heavy atom. The van der Waals surface area contributed by atoms with Gasteiger partial charge < -0.3 is 10.5 Å². The molecule has 120 valence electrons. The molecule has 0 aromatic heterocycles. The molecule has 1 aliphatic rings. The molecular formula is C17H12N2O5. The number of fused-ring (bicyclic) bond motifs is 1. The van der Waals surface area contributed by atoms with Crippen LogP contribution in [0.25, 0.3) is 0 Å². The Hall–Kier alpha value is -3.48. The van der Waals surface area contributed by atoms with E-state index in [-0.39, 0.29) is 5.56 Å². The minimum Gasteiger partial charge on any atom is -0.452 e. The maximum absolute atomic E-state index is 12.4.